The number of sulfonamides is 1. The van der Waals surface area contributed by atoms with Gasteiger partial charge in [0.2, 0.25) is 21.8 Å². The van der Waals surface area contributed by atoms with Crippen LogP contribution in [0.3, 0.4) is 0 Å². The maximum atomic E-state index is 13.5. The minimum absolute atomic E-state index is 0.0398. The van der Waals surface area contributed by atoms with Gasteiger partial charge in [0.15, 0.2) is 0 Å². The molecule has 0 saturated carbocycles. The van der Waals surface area contributed by atoms with E-state index in [-0.39, 0.29) is 18.4 Å². The van der Waals surface area contributed by atoms with Gasteiger partial charge in [-0.1, -0.05) is 45.0 Å². The van der Waals surface area contributed by atoms with Crippen molar-refractivity contribution in [1.82, 2.24) is 10.2 Å². The number of nitrogens with one attached hydrogen (secondary N) is 1. The molecule has 2 aromatic rings. The van der Waals surface area contributed by atoms with Gasteiger partial charge in [-0.2, -0.15) is 0 Å². The minimum atomic E-state index is -3.78. The molecule has 1 N–H and O–H groups in total. The second-order valence-corrected chi connectivity index (χ2v) is 10.7. The first-order valence-corrected chi connectivity index (χ1v) is 13.1. The number of rotatable bonds is 11. The van der Waals surface area contributed by atoms with E-state index in [1.54, 1.807) is 37.3 Å². The molecule has 34 heavy (non-hydrogen) atoms. The Kier molecular flexibility index (Phi) is 9.61. The minimum Gasteiger partial charge on any atom is -0.354 e. The lowest BCUT2D eigenvalue weighted by atomic mass is 10.1. The van der Waals surface area contributed by atoms with E-state index < -0.39 is 34.3 Å². The fourth-order valence-corrected chi connectivity index (χ4v) is 4.37. The third-order valence-electron chi connectivity index (χ3n) is 5.31. The lowest BCUT2D eigenvalue weighted by Crippen LogP contribution is -2.52. The Bertz CT molecular complexity index is 1090. The van der Waals surface area contributed by atoms with Crippen LogP contribution in [0.1, 0.15) is 38.3 Å². The summed E-state index contributed by atoms with van der Waals surface area (Å²) >= 11 is 0. The van der Waals surface area contributed by atoms with Crippen LogP contribution in [-0.2, 0) is 26.2 Å². The van der Waals surface area contributed by atoms with Gasteiger partial charge in [-0.25, -0.2) is 12.8 Å². The first-order valence-electron chi connectivity index (χ1n) is 11.3. The SMILES string of the molecule is CC[C@H](C(=O)NCC(C)C)N(Cc1ccc(F)cc1)C(=O)CN(c1cccc(C)c1)S(C)(=O)=O. The molecule has 7 nitrogen and oxygen atoms in total. The summed E-state index contributed by atoms with van der Waals surface area (Å²) in [5.41, 5.74) is 1.85. The molecule has 2 rings (SSSR count). The van der Waals surface area contributed by atoms with Gasteiger partial charge in [0.25, 0.3) is 0 Å². The highest BCUT2D eigenvalue weighted by Gasteiger charge is 2.31. The summed E-state index contributed by atoms with van der Waals surface area (Å²) in [6, 6.07) is 11.7. The predicted octanol–water partition coefficient (Wildman–Crippen LogP) is 3.48. The quantitative estimate of drug-likeness (QED) is 0.521. The zero-order valence-electron chi connectivity index (χ0n) is 20.4. The van der Waals surface area contributed by atoms with Gasteiger partial charge in [-0.3, -0.25) is 13.9 Å². The van der Waals surface area contributed by atoms with E-state index in [9.17, 15) is 22.4 Å². The molecule has 0 bridgehead atoms. The van der Waals surface area contributed by atoms with Crippen LogP contribution in [0.25, 0.3) is 0 Å². The van der Waals surface area contributed by atoms with E-state index >= 15 is 0 Å². The van der Waals surface area contributed by atoms with Gasteiger partial charge < -0.3 is 10.2 Å². The van der Waals surface area contributed by atoms with Gasteiger partial charge in [-0.05, 0) is 54.7 Å². The Labute approximate surface area is 202 Å². The molecule has 0 aromatic heterocycles. The molecule has 9 heteroatoms. The molecular formula is C25H34FN3O4S. The highest BCUT2D eigenvalue weighted by Crippen LogP contribution is 2.21. The average molecular weight is 492 g/mol. The molecule has 0 aliphatic carbocycles. The lowest BCUT2D eigenvalue weighted by Gasteiger charge is -2.33. The van der Waals surface area contributed by atoms with Crippen molar-refractivity contribution >= 4 is 27.5 Å². The van der Waals surface area contributed by atoms with Gasteiger partial charge >= 0.3 is 0 Å². The number of nitrogens with zero attached hydrogens (tertiary/aromatic N) is 2. The van der Waals surface area contributed by atoms with Crippen molar-refractivity contribution in [2.24, 2.45) is 5.92 Å². The summed E-state index contributed by atoms with van der Waals surface area (Å²) in [7, 11) is -3.78. The number of aryl methyl sites for hydroxylation is 1. The second kappa shape index (κ2) is 12.0. The van der Waals surface area contributed by atoms with Crippen LogP contribution in [0.4, 0.5) is 10.1 Å². The number of hydrogen-bond donors (Lipinski definition) is 1. The topological polar surface area (TPSA) is 86.8 Å². The van der Waals surface area contributed by atoms with Crippen molar-refractivity contribution in [3.63, 3.8) is 0 Å². The fraction of sp³-hybridized carbons (Fsp3) is 0.440. The Hall–Kier alpha value is -2.94. The maximum absolute atomic E-state index is 13.5. The summed E-state index contributed by atoms with van der Waals surface area (Å²) in [5.74, 6) is -1.02. The van der Waals surface area contributed by atoms with Crippen LogP contribution in [-0.4, -0.2) is 50.5 Å². The standard InChI is InChI=1S/C25H34FN3O4S/c1-6-23(25(31)27-15-18(2)3)28(16-20-10-12-21(26)13-11-20)24(30)17-29(34(5,32)33)22-9-7-8-19(4)14-22/h7-14,18,23H,6,15-17H2,1-5H3,(H,27,31)/t23-/m1/s1. The van der Waals surface area contributed by atoms with Gasteiger partial charge in [0, 0.05) is 13.1 Å². The van der Waals surface area contributed by atoms with Gasteiger partial charge in [0.1, 0.15) is 18.4 Å². The molecule has 2 amide bonds. The van der Waals surface area contributed by atoms with Crippen molar-refractivity contribution in [2.45, 2.75) is 46.7 Å². The lowest BCUT2D eigenvalue weighted by molar-refractivity contribution is -0.140. The normalized spacial score (nSPS) is 12.3. The van der Waals surface area contributed by atoms with Crippen molar-refractivity contribution in [3.05, 3.63) is 65.5 Å². The van der Waals surface area contributed by atoms with Crippen LogP contribution < -0.4 is 9.62 Å². The summed E-state index contributed by atoms with van der Waals surface area (Å²) in [6.45, 7) is 7.59. The summed E-state index contributed by atoms with van der Waals surface area (Å²) < 4.78 is 39.6. The molecule has 0 radical (unpaired) electrons. The van der Waals surface area contributed by atoms with E-state index in [1.165, 1.54) is 17.0 Å². The Morgan fingerprint density at radius 3 is 2.26 bits per heavy atom. The summed E-state index contributed by atoms with van der Waals surface area (Å²) in [5, 5.41) is 2.86. The largest absolute Gasteiger partial charge is 0.354 e. The summed E-state index contributed by atoms with van der Waals surface area (Å²) in [6.07, 6.45) is 1.37. The van der Waals surface area contributed by atoms with Crippen molar-refractivity contribution in [3.8, 4) is 0 Å². The van der Waals surface area contributed by atoms with Gasteiger partial charge in [0.05, 0.1) is 11.9 Å². The molecule has 0 aliphatic heterocycles. The number of hydrogen-bond acceptors (Lipinski definition) is 4. The van der Waals surface area contributed by atoms with Crippen molar-refractivity contribution in [2.75, 3.05) is 23.7 Å². The molecule has 0 saturated heterocycles. The highest BCUT2D eigenvalue weighted by molar-refractivity contribution is 7.92. The third kappa shape index (κ3) is 7.83. The van der Waals surface area contributed by atoms with Crippen molar-refractivity contribution in [1.29, 1.82) is 0 Å². The molecule has 0 spiro atoms. The first-order chi connectivity index (χ1) is 15.9. The Balaban J connectivity index is 2.41. The smallest absolute Gasteiger partial charge is 0.244 e. The highest BCUT2D eigenvalue weighted by atomic mass is 32.2. The summed E-state index contributed by atoms with van der Waals surface area (Å²) in [4.78, 5) is 27.9. The van der Waals surface area contributed by atoms with Crippen LogP contribution >= 0.6 is 0 Å². The molecule has 0 heterocycles. The van der Waals surface area contributed by atoms with Crippen molar-refractivity contribution < 1.29 is 22.4 Å². The number of amides is 2. The number of halogens is 1. The number of carbonyl (C=O) groups excluding carboxylic acids is 2. The van der Waals surface area contributed by atoms with E-state index in [1.807, 2.05) is 26.8 Å². The zero-order valence-corrected chi connectivity index (χ0v) is 21.2. The second-order valence-electron chi connectivity index (χ2n) is 8.82. The maximum Gasteiger partial charge on any atom is 0.244 e. The molecule has 186 valence electrons. The van der Waals surface area contributed by atoms with Gasteiger partial charge in [-0.15, -0.1) is 0 Å². The molecule has 1 atom stereocenters. The zero-order chi connectivity index (χ0) is 25.5. The molecule has 0 aliphatic rings. The van der Waals surface area contributed by atoms with Crippen LogP contribution in [0.2, 0.25) is 0 Å². The average Bonchev–Trinajstić information content (AvgIpc) is 2.76. The Morgan fingerprint density at radius 1 is 1.09 bits per heavy atom. The van der Waals surface area contributed by atoms with Crippen LogP contribution in [0.15, 0.2) is 48.5 Å². The number of carbonyl (C=O) groups is 2. The van der Waals surface area contributed by atoms with E-state index in [0.29, 0.717) is 24.2 Å². The Morgan fingerprint density at radius 2 is 1.74 bits per heavy atom. The number of benzene rings is 2. The molecule has 0 fully saturated rings. The van der Waals surface area contributed by atoms with E-state index in [0.717, 1.165) is 16.1 Å². The van der Waals surface area contributed by atoms with E-state index in [4.69, 9.17) is 0 Å². The van der Waals surface area contributed by atoms with Crippen LogP contribution in [0, 0.1) is 18.7 Å². The third-order valence-corrected chi connectivity index (χ3v) is 6.45. The molecular weight excluding hydrogens is 457 g/mol. The van der Waals surface area contributed by atoms with E-state index in [2.05, 4.69) is 5.32 Å². The molecule has 2 aromatic carbocycles. The number of anilines is 1. The monoisotopic (exact) mass is 491 g/mol. The predicted molar refractivity (Wildman–Crippen MR) is 132 cm³/mol. The first kappa shape index (κ1) is 27.3. The fourth-order valence-electron chi connectivity index (χ4n) is 3.53. The van der Waals surface area contributed by atoms with Crippen LogP contribution in [0.5, 0.6) is 0 Å². The molecule has 0 unspecified atom stereocenters.